The number of nitrogens with one attached hydrogen (secondary N) is 2. The Morgan fingerprint density at radius 3 is 2.52 bits per heavy atom. The van der Waals surface area contributed by atoms with Crippen LogP contribution in [0.4, 0.5) is 5.69 Å². The molecule has 0 aromatic heterocycles. The number of carbonyl (C=O) groups excluding carboxylic acids is 1. The summed E-state index contributed by atoms with van der Waals surface area (Å²) in [6.45, 7) is 0. The van der Waals surface area contributed by atoms with E-state index >= 15 is 0 Å². The number of amides is 1. The van der Waals surface area contributed by atoms with Gasteiger partial charge < -0.3 is 14.8 Å². The normalized spacial score (nSPS) is 10.1. The Kier molecular flexibility index (Phi) is 7.06. The average Bonchev–Trinajstić information content (AvgIpc) is 2.54. The summed E-state index contributed by atoms with van der Waals surface area (Å²) in [5.41, 5.74) is 0.869. The van der Waals surface area contributed by atoms with Crippen molar-refractivity contribution in [2.24, 2.45) is 0 Å². The van der Waals surface area contributed by atoms with E-state index in [1.807, 2.05) is 0 Å². The molecular formula is C16H13Br2ClN2O3S. The monoisotopic (exact) mass is 506 g/mol. The quantitative estimate of drug-likeness (QED) is 0.569. The van der Waals surface area contributed by atoms with Gasteiger partial charge in [0, 0.05) is 9.50 Å². The summed E-state index contributed by atoms with van der Waals surface area (Å²) in [5, 5.41) is 6.11. The van der Waals surface area contributed by atoms with E-state index in [1.54, 1.807) is 30.3 Å². The standard InChI is InChI=1S/C16H13Br2ClN2O3S/c1-23-13-4-3-9(19)7-12(13)20-16(25)21-15(22)10-5-8(17)6-11(18)14(10)24-2/h3-7H,1-2H3,(H2,20,21,22,25). The van der Waals surface area contributed by atoms with Gasteiger partial charge in [0.1, 0.15) is 11.5 Å². The summed E-state index contributed by atoms with van der Waals surface area (Å²) in [4.78, 5) is 12.5. The highest BCUT2D eigenvalue weighted by Gasteiger charge is 2.18. The summed E-state index contributed by atoms with van der Waals surface area (Å²) >= 11 is 17.9. The molecule has 0 aliphatic carbocycles. The van der Waals surface area contributed by atoms with E-state index < -0.39 is 5.91 Å². The molecule has 0 heterocycles. The molecule has 0 aliphatic rings. The van der Waals surface area contributed by atoms with Gasteiger partial charge in [-0.25, -0.2) is 0 Å². The number of hydrogen-bond acceptors (Lipinski definition) is 4. The number of anilines is 1. The average molecular weight is 509 g/mol. The van der Waals surface area contributed by atoms with Crippen molar-refractivity contribution in [3.8, 4) is 11.5 Å². The second-order valence-corrected chi connectivity index (χ2v) is 7.34. The third-order valence-corrected chi connectivity index (χ3v) is 4.58. The lowest BCUT2D eigenvalue weighted by Crippen LogP contribution is -2.34. The molecule has 0 saturated carbocycles. The minimum absolute atomic E-state index is 0.101. The van der Waals surface area contributed by atoms with Crippen molar-refractivity contribution < 1.29 is 14.3 Å². The van der Waals surface area contributed by atoms with Crippen LogP contribution in [-0.4, -0.2) is 25.2 Å². The van der Waals surface area contributed by atoms with Gasteiger partial charge in [-0.15, -0.1) is 0 Å². The van der Waals surface area contributed by atoms with E-state index in [0.717, 1.165) is 4.47 Å². The molecule has 0 saturated heterocycles. The van der Waals surface area contributed by atoms with Crippen LogP contribution in [0.15, 0.2) is 39.3 Å². The number of carbonyl (C=O) groups is 1. The number of thiocarbonyl (C=S) groups is 1. The van der Waals surface area contributed by atoms with Crippen LogP contribution in [0, 0.1) is 0 Å². The molecule has 1 amide bonds. The van der Waals surface area contributed by atoms with E-state index in [0.29, 0.717) is 32.2 Å². The van der Waals surface area contributed by atoms with Crippen LogP contribution in [0.5, 0.6) is 11.5 Å². The summed E-state index contributed by atoms with van der Waals surface area (Å²) in [6.07, 6.45) is 0. The summed E-state index contributed by atoms with van der Waals surface area (Å²) in [6, 6.07) is 8.46. The predicted molar refractivity (Wildman–Crippen MR) is 110 cm³/mol. The van der Waals surface area contributed by atoms with E-state index in [4.69, 9.17) is 33.3 Å². The van der Waals surface area contributed by atoms with E-state index in [2.05, 4.69) is 42.5 Å². The zero-order chi connectivity index (χ0) is 18.6. The topological polar surface area (TPSA) is 59.6 Å². The number of benzene rings is 2. The first kappa shape index (κ1) is 20.0. The molecule has 2 aromatic rings. The summed E-state index contributed by atoms with van der Waals surface area (Å²) in [7, 11) is 3.01. The first-order valence-corrected chi connectivity index (χ1v) is 9.21. The molecule has 0 fully saturated rings. The molecule has 2 rings (SSSR count). The molecule has 0 spiro atoms. The number of rotatable bonds is 4. The molecule has 0 radical (unpaired) electrons. The van der Waals surface area contributed by atoms with Gasteiger partial charge in [0.15, 0.2) is 5.11 Å². The molecule has 0 unspecified atom stereocenters. The third kappa shape index (κ3) is 5.07. The maximum absolute atomic E-state index is 12.5. The van der Waals surface area contributed by atoms with Gasteiger partial charge in [0.25, 0.3) is 5.91 Å². The second kappa shape index (κ2) is 8.84. The van der Waals surface area contributed by atoms with E-state index in [1.165, 1.54) is 14.2 Å². The molecule has 25 heavy (non-hydrogen) atoms. The molecule has 5 nitrogen and oxygen atoms in total. The van der Waals surface area contributed by atoms with Gasteiger partial charge in [-0.05, 0) is 58.5 Å². The fourth-order valence-corrected chi connectivity index (χ4v) is 3.80. The van der Waals surface area contributed by atoms with Gasteiger partial charge in [0.2, 0.25) is 0 Å². The lowest BCUT2D eigenvalue weighted by atomic mass is 10.2. The zero-order valence-corrected chi connectivity index (χ0v) is 17.9. The van der Waals surface area contributed by atoms with Gasteiger partial charge in [-0.2, -0.15) is 0 Å². The van der Waals surface area contributed by atoms with E-state index in [9.17, 15) is 4.79 Å². The Balaban J connectivity index is 2.19. The Labute approximate surface area is 172 Å². The van der Waals surface area contributed by atoms with Crippen molar-refractivity contribution in [2.75, 3.05) is 19.5 Å². The van der Waals surface area contributed by atoms with Crippen LogP contribution in [0.3, 0.4) is 0 Å². The Bertz CT molecular complexity index is 833. The van der Waals surface area contributed by atoms with Crippen molar-refractivity contribution >= 4 is 72.4 Å². The summed E-state index contributed by atoms with van der Waals surface area (Å²) in [5.74, 6) is 0.532. The Morgan fingerprint density at radius 1 is 1.16 bits per heavy atom. The molecule has 2 aromatic carbocycles. The molecule has 9 heteroatoms. The van der Waals surface area contributed by atoms with Crippen LogP contribution in [-0.2, 0) is 0 Å². The highest BCUT2D eigenvalue weighted by atomic mass is 79.9. The second-order valence-electron chi connectivity index (χ2n) is 4.72. The van der Waals surface area contributed by atoms with Gasteiger partial charge in [-0.1, -0.05) is 27.5 Å². The molecule has 0 bridgehead atoms. The minimum Gasteiger partial charge on any atom is -0.495 e. The molecule has 0 aliphatic heterocycles. The Morgan fingerprint density at radius 2 is 1.88 bits per heavy atom. The lowest BCUT2D eigenvalue weighted by Gasteiger charge is -2.15. The fourth-order valence-electron chi connectivity index (χ4n) is 2.04. The van der Waals surface area contributed by atoms with Crippen LogP contribution >= 0.6 is 55.7 Å². The van der Waals surface area contributed by atoms with Crippen molar-refractivity contribution in [2.45, 2.75) is 0 Å². The largest absolute Gasteiger partial charge is 0.495 e. The van der Waals surface area contributed by atoms with Crippen molar-refractivity contribution in [1.29, 1.82) is 0 Å². The smallest absolute Gasteiger partial charge is 0.261 e. The van der Waals surface area contributed by atoms with E-state index in [-0.39, 0.29) is 5.11 Å². The van der Waals surface area contributed by atoms with Crippen LogP contribution in [0.1, 0.15) is 10.4 Å². The molecular weight excluding hydrogens is 496 g/mol. The Hall–Kier alpha value is -1.35. The zero-order valence-electron chi connectivity index (χ0n) is 13.2. The van der Waals surface area contributed by atoms with Gasteiger partial charge >= 0.3 is 0 Å². The maximum Gasteiger partial charge on any atom is 0.261 e. The van der Waals surface area contributed by atoms with Crippen LogP contribution in [0.25, 0.3) is 0 Å². The number of ether oxygens (including phenoxy) is 2. The first-order valence-electron chi connectivity index (χ1n) is 6.84. The molecule has 0 atom stereocenters. The van der Waals surface area contributed by atoms with Crippen molar-refractivity contribution in [1.82, 2.24) is 5.32 Å². The van der Waals surface area contributed by atoms with Gasteiger partial charge in [-0.3, -0.25) is 10.1 Å². The van der Waals surface area contributed by atoms with Crippen LogP contribution < -0.4 is 20.1 Å². The molecule has 2 N–H and O–H groups in total. The minimum atomic E-state index is -0.419. The number of methoxy groups -OCH3 is 2. The van der Waals surface area contributed by atoms with Gasteiger partial charge in [0.05, 0.1) is 29.9 Å². The predicted octanol–water partition coefficient (Wildman–Crippen LogP) is 5.01. The lowest BCUT2D eigenvalue weighted by molar-refractivity contribution is 0.0974. The summed E-state index contributed by atoms with van der Waals surface area (Å²) < 4.78 is 11.9. The van der Waals surface area contributed by atoms with Crippen molar-refractivity contribution in [3.05, 3.63) is 49.9 Å². The SMILES string of the molecule is COc1ccc(Cl)cc1NC(=S)NC(=O)c1cc(Br)cc(Br)c1OC. The number of hydrogen-bond donors (Lipinski definition) is 2. The van der Waals surface area contributed by atoms with Crippen LogP contribution in [0.2, 0.25) is 5.02 Å². The number of halogens is 3. The first-order chi connectivity index (χ1) is 11.8. The van der Waals surface area contributed by atoms with Crippen molar-refractivity contribution in [3.63, 3.8) is 0 Å². The fraction of sp³-hybridized carbons (Fsp3) is 0.125. The molecule has 132 valence electrons. The third-order valence-electron chi connectivity index (χ3n) is 3.09. The maximum atomic E-state index is 12.5. The highest BCUT2D eigenvalue weighted by molar-refractivity contribution is 9.11. The highest BCUT2D eigenvalue weighted by Crippen LogP contribution is 2.32.